The smallest absolute Gasteiger partial charge is 0.300 e. The van der Waals surface area contributed by atoms with Crippen molar-refractivity contribution in [2.75, 3.05) is 0 Å². The predicted molar refractivity (Wildman–Crippen MR) is 23.0 cm³/mol. The summed E-state index contributed by atoms with van der Waals surface area (Å²) in [5, 5.41) is 7.42. The van der Waals surface area contributed by atoms with Crippen molar-refractivity contribution >= 4 is 17.3 Å². The Balaban J connectivity index is 0. The molecule has 0 fully saturated rings. The van der Waals surface area contributed by atoms with Crippen LogP contribution in [0.3, 0.4) is 0 Å². The molecule has 0 bridgehead atoms. The normalized spacial score (nSPS) is 7.50. The maximum Gasteiger partial charge on any atom is 0.300 e. The fourth-order valence-electron chi connectivity index (χ4n) is 0. The van der Waals surface area contributed by atoms with Crippen LogP contribution in [0.2, 0.25) is 0 Å². The average molecular weight is 140 g/mol. The van der Waals surface area contributed by atoms with Gasteiger partial charge in [-0.15, -0.1) is 11.4 Å². The lowest BCUT2D eigenvalue weighted by Crippen LogP contribution is -1.78. The van der Waals surface area contributed by atoms with E-state index in [9.17, 15) is 0 Å². The third-order valence-electron chi connectivity index (χ3n) is 0. The van der Waals surface area contributed by atoms with Crippen molar-refractivity contribution in [1.82, 2.24) is 0 Å². The van der Waals surface area contributed by atoms with E-state index in [1.807, 2.05) is 0 Å². The van der Waals surface area contributed by atoms with E-state index >= 15 is 0 Å². The molecule has 50 valence electrons. The van der Waals surface area contributed by atoms with E-state index in [1.54, 1.807) is 0 Å². The summed E-state index contributed by atoms with van der Waals surface area (Å²) in [4.78, 5) is 9.00. The van der Waals surface area contributed by atoms with Gasteiger partial charge in [0.2, 0.25) is 0 Å². The van der Waals surface area contributed by atoms with Crippen LogP contribution in [-0.2, 0) is 16.2 Å². The maximum atomic E-state index is 9.00. The fourth-order valence-corrected chi connectivity index (χ4v) is 0. The minimum Gasteiger partial charge on any atom is -0.784 e. The molecule has 5 nitrogen and oxygen atoms in total. The second kappa shape index (κ2) is 6.54. The summed E-state index contributed by atoms with van der Waals surface area (Å²) in [6, 6.07) is 0. The molecule has 0 saturated heterocycles. The van der Waals surface area contributed by atoms with E-state index in [2.05, 4.69) is 0 Å². The first-order chi connectivity index (χ1) is 3.46. The summed E-state index contributed by atoms with van der Waals surface area (Å²) >= 11 is -3.11. The van der Waals surface area contributed by atoms with Gasteiger partial charge in [0.15, 0.2) is 0 Å². The Bertz CT molecular complexity index is 68.4. The lowest BCUT2D eigenvalue weighted by Gasteiger charge is -2.03. The number of carboxylic acids is 1. The van der Waals surface area contributed by atoms with Gasteiger partial charge in [0.25, 0.3) is 5.97 Å². The van der Waals surface area contributed by atoms with Gasteiger partial charge >= 0.3 is 0 Å². The van der Waals surface area contributed by atoms with Crippen LogP contribution >= 0.6 is 0 Å². The van der Waals surface area contributed by atoms with Crippen molar-refractivity contribution in [1.29, 1.82) is 0 Å². The fraction of sp³-hybridized carbons (Fsp3) is 0.500. The van der Waals surface area contributed by atoms with E-state index in [0.717, 1.165) is 6.92 Å². The van der Waals surface area contributed by atoms with Gasteiger partial charge in [0, 0.05) is 6.92 Å². The molecule has 0 radical (unpaired) electrons. The minimum absolute atomic E-state index is 0.833. The topological polar surface area (TPSA) is 100 Å². The molecule has 0 amide bonds. The Labute approximate surface area is 48.4 Å². The zero-order chi connectivity index (χ0) is 7.15. The third-order valence-corrected chi connectivity index (χ3v) is 0. The highest BCUT2D eigenvalue weighted by Gasteiger charge is 1.65. The molecule has 0 unspecified atom stereocenters. The van der Waals surface area contributed by atoms with E-state index in [-0.39, 0.29) is 0 Å². The van der Waals surface area contributed by atoms with Crippen LogP contribution in [0.15, 0.2) is 0 Å². The highest BCUT2D eigenvalue weighted by molar-refractivity contribution is 7.72. The Kier molecular flexibility index (Phi) is 8.59. The highest BCUT2D eigenvalue weighted by atomic mass is 32.2. The lowest BCUT2D eigenvalue weighted by atomic mass is 10.9. The van der Waals surface area contributed by atoms with E-state index in [0.29, 0.717) is 0 Å². The molecule has 0 spiro atoms. The highest BCUT2D eigenvalue weighted by Crippen LogP contribution is 1.42. The zero-order valence-electron chi connectivity index (χ0n) is 3.99. The number of hydrogen-bond donors (Lipinski definition) is 1. The molecule has 8 heavy (non-hydrogen) atoms. The van der Waals surface area contributed by atoms with E-state index < -0.39 is 17.3 Å². The predicted octanol–water partition coefficient (Wildman–Crippen LogP) is -0.913. The van der Waals surface area contributed by atoms with Gasteiger partial charge < -0.3 is 14.2 Å². The van der Waals surface area contributed by atoms with Gasteiger partial charge in [-0.1, -0.05) is 0 Å². The first-order valence-electron chi connectivity index (χ1n) is 1.43. The molecule has 0 aromatic carbocycles. The summed E-state index contributed by atoms with van der Waals surface area (Å²) in [5.41, 5.74) is 0. The molecule has 0 aliphatic carbocycles. The molecule has 0 saturated carbocycles. The van der Waals surface area contributed by atoms with Crippen LogP contribution < -0.4 is 0 Å². The van der Waals surface area contributed by atoms with Crippen LogP contribution in [0.5, 0.6) is 0 Å². The summed E-state index contributed by atoms with van der Waals surface area (Å²) in [6.07, 6.45) is 0. The van der Waals surface area contributed by atoms with Crippen molar-refractivity contribution in [2.24, 2.45) is 0 Å². The SMILES string of the molecule is CC(=O)O.O=S([O-])[O-]. The summed E-state index contributed by atoms with van der Waals surface area (Å²) in [5.74, 6) is -0.833. The van der Waals surface area contributed by atoms with Crippen molar-refractivity contribution in [3.05, 3.63) is 0 Å². The molecular formula is C2H4O5S-2. The van der Waals surface area contributed by atoms with Gasteiger partial charge in [-0.05, 0) is 0 Å². The van der Waals surface area contributed by atoms with Gasteiger partial charge in [-0.25, -0.2) is 0 Å². The van der Waals surface area contributed by atoms with Crippen LogP contribution in [0.4, 0.5) is 0 Å². The van der Waals surface area contributed by atoms with E-state index in [1.165, 1.54) is 0 Å². The number of carbonyl (C=O) groups is 1. The molecule has 0 aliphatic heterocycles. The molecule has 0 aromatic heterocycles. The molecule has 6 heteroatoms. The lowest BCUT2D eigenvalue weighted by molar-refractivity contribution is -0.134. The molecule has 0 aliphatic rings. The van der Waals surface area contributed by atoms with Crippen molar-refractivity contribution < 1.29 is 23.2 Å². The largest absolute Gasteiger partial charge is 0.784 e. The summed E-state index contributed by atoms with van der Waals surface area (Å²) in [7, 11) is 0. The first-order valence-corrected chi connectivity index (χ1v) is 2.43. The Morgan fingerprint density at radius 3 is 1.62 bits per heavy atom. The van der Waals surface area contributed by atoms with Gasteiger partial charge in [0.1, 0.15) is 0 Å². The van der Waals surface area contributed by atoms with Crippen LogP contribution in [0.25, 0.3) is 0 Å². The molecule has 0 aromatic rings. The second-order valence-corrected chi connectivity index (χ2v) is 1.13. The van der Waals surface area contributed by atoms with Crippen LogP contribution in [-0.4, -0.2) is 24.4 Å². The average Bonchev–Trinajstić information content (AvgIpc) is 1.25. The number of rotatable bonds is 0. The van der Waals surface area contributed by atoms with Gasteiger partial charge in [0.05, 0.1) is 0 Å². The third kappa shape index (κ3) is 540. The van der Waals surface area contributed by atoms with Crippen molar-refractivity contribution in [3.63, 3.8) is 0 Å². The zero-order valence-corrected chi connectivity index (χ0v) is 4.80. The minimum atomic E-state index is -3.11. The Morgan fingerprint density at radius 1 is 1.62 bits per heavy atom. The first kappa shape index (κ1) is 10.5. The molecule has 0 rings (SSSR count). The molecule has 1 N–H and O–H groups in total. The van der Waals surface area contributed by atoms with Gasteiger partial charge in [-0.2, -0.15) is 0 Å². The van der Waals surface area contributed by atoms with Gasteiger partial charge in [-0.3, -0.25) is 9.00 Å². The standard InChI is InChI=1S/C2H4O2.H2O3S/c1-2(3)4;1-4(2)3/h1H3,(H,3,4);(H2,1,2,3)/p-2. The Morgan fingerprint density at radius 2 is 1.62 bits per heavy atom. The second-order valence-electron chi connectivity index (χ2n) is 0.723. The van der Waals surface area contributed by atoms with Crippen LogP contribution in [0, 0.1) is 0 Å². The maximum absolute atomic E-state index is 9.00. The van der Waals surface area contributed by atoms with Crippen LogP contribution in [0.1, 0.15) is 6.92 Å². The number of hydrogen-bond acceptors (Lipinski definition) is 4. The molecule has 0 heterocycles. The number of aliphatic carboxylic acids is 1. The monoisotopic (exact) mass is 140 g/mol. The molecule has 0 atom stereocenters. The van der Waals surface area contributed by atoms with Crippen molar-refractivity contribution in [3.8, 4) is 0 Å². The van der Waals surface area contributed by atoms with E-state index in [4.69, 9.17) is 23.2 Å². The summed E-state index contributed by atoms with van der Waals surface area (Å²) in [6.45, 7) is 1.08. The Hall–Kier alpha value is -0.460. The molecular weight excluding hydrogens is 136 g/mol. The van der Waals surface area contributed by atoms with Crippen molar-refractivity contribution in [2.45, 2.75) is 6.92 Å². The quantitative estimate of drug-likeness (QED) is 0.439. The number of carboxylic acid groups (broad SMARTS) is 1. The summed E-state index contributed by atoms with van der Waals surface area (Å²) < 4.78 is 25.3.